The Bertz CT molecular complexity index is 837. The zero-order chi connectivity index (χ0) is 14.6. The number of carbonyl (C=O) groups excluding carboxylic acids is 2. The first-order valence-electron chi connectivity index (χ1n) is 6.18. The largest absolute Gasteiger partial charge is 0.507 e. The zero-order valence-electron chi connectivity index (χ0n) is 11.0. The van der Waals surface area contributed by atoms with Crippen LogP contribution in [0.15, 0.2) is 30.3 Å². The van der Waals surface area contributed by atoms with E-state index >= 15 is 0 Å². The van der Waals surface area contributed by atoms with Gasteiger partial charge >= 0.3 is 0 Å². The number of rotatable bonds is 0. The summed E-state index contributed by atoms with van der Waals surface area (Å²) in [6.45, 7) is 0. The summed E-state index contributed by atoms with van der Waals surface area (Å²) in [5, 5.41) is 20.8. The molecule has 0 fully saturated rings. The predicted octanol–water partition coefficient (Wildman–Crippen LogP) is 2.03. The summed E-state index contributed by atoms with van der Waals surface area (Å²) in [5.74, 6) is -3.08. The second-order valence-corrected chi connectivity index (χ2v) is 3.90. The Morgan fingerprint density at radius 3 is 2.22 bits per heavy atom. The second-order valence-electron chi connectivity index (χ2n) is 3.90. The van der Waals surface area contributed by atoms with Gasteiger partial charge in [-0.05, 0) is 12.1 Å². The van der Waals surface area contributed by atoms with E-state index in [4.69, 9.17) is 2.74 Å². The van der Waals surface area contributed by atoms with E-state index in [0.29, 0.717) is 0 Å². The minimum Gasteiger partial charge on any atom is -0.507 e. The number of hydrogen-bond donors (Lipinski definition) is 2. The van der Waals surface area contributed by atoms with Gasteiger partial charge in [-0.15, -0.1) is 0 Å². The highest BCUT2D eigenvalue weighted by molar-refractivity contribution is 6.51. The molecule has 0 aromatic heterocycles. The van der Waals surface area contributed by atoms with Crippen molar-refractivity contribution in [1.29, 1.82) is 0 Å². The van der Waals surface area contributed by atoms with Crippen molar-refractivity contribution in [2.75, 3.05) is 0 Å². The van der Waals surface area contributed by atoms with Crippen LogP contribution in [0, 0.1) is 0 Å². The summed E-state index contributed by atoms with van der Waals surface area (Å²) in [6.07, 6.45) is 0. The van der Waals surface area contributed by atoms with Gasteiger partial charge in [0.15, 0.2) is 0 Å². The molecule has 0 aliphatic heterocycles. The summed E-state index contributed by atoms with van der Waals surface area (Å²) in [4.78, 5) is 23.5. The maximum absolute atomic E-state index is 11.9. The van der Waals surface area contributed by atoms with Crippen LogP contribution < -0.4 is 0 Å². The molecule has 0 radical (unpaired) electrons. The Morgan fingerprint density at radius 2 is 1.56 bits per heavy atom. The summed E-state index contributed by atoms with van der Waals surface area (Å²) >= 11 is 0. The van der Waals surface area contributed by atoms with E-state index in [1.165, 1.54) is 12.1 Å². The highest BCUT2D eigenvalue weighted by Crippen LogP contribution is 2.41. The van der Waals surface area contributed by atoms with Gasteiger partial charge in [-0.25, -0.2) is 0 Å². The molecule has 1 aliphatic rings. The monoisotopic (exact) mass is 242 g/mol. The van der Waals surface area contributed by atoms with Crippen LogP contribution in [0.1, 0.15) is 18.7 Å². The van der Waals surface area contributed by atoms with Crippen molar-refractivity contribution in [2.45, 2.75) is 0 Å². The van der Waals surface area contributed by atoms with Crippen molar-refractivity contribution in [2.24, 2.45) is 0 Å². The number of fused-ring (bicyclic) bond motifs is 2. The molecule has 4 heteroatoms. The number of carbonyl (C=O) groups is 2. The number of benzene rings is 2. The zero-order valence-corrected chi connectivity index (χ0v) is 9.02. The predicted molar refractivity (Wildman–Crippen MR) is 65.6 cm³/mol. The van der Waals surface area contributed by atoms with E-state index < -0.39 is 35.0 Å². The van der Waals surface area contributed by atoms with Gasteiger partial charge < -0.3 is 10.2 Å². The van der Waals surface area contributed by atoms with E-state index in [0.717, 1.165) is 0 Å². The molecule has 0 saturated heterocycles. The molecule has 2 aromatic rings. The third-order valence-corrected chi connectivity index (χ3v) is 2.90. The first kappa shape index (κ1) is 8.47. The number of allylic oxidation sites excluding steroid dienone is 1. The Morgan fingerprint density at radius 1 is 0.944 bits per heavy atom. The lowest BCUT2D eigenvalue weighted by molar-refractivity contribution is -0.110. The van der Waals surface area contributed by atoms with E-state index in [2.05, 4.69) is 0 Å². The highest BCUT2D eigenvalue weighted by atomic mass is 16.3. The van der Waals surface area contributed by atoms with Crippen molar-refractivity contribution >= 4 is 28.4 Å². The summed E-state index contributed by atoms with van der Waals surface area (Å²) in [7, 11) is 0. The minimum atomic E-state index is -1.16. The lowest BCUT2D eigenvalue weighted by Crippen LogP contribution is -2.16. The Kier molecular flexibility index (Phi) is 1.62. The molecule has 3 rings (SSSR count). The molecule has 1 aliphatic carbocycles. The molecule has 0 bridgehead atoms. The maximum Gasteiger partial charge on any atom is 0.237 e. The number of phenols is 2. The first-order chi connectivity index (χ1) is 9.45. The molecule has 0 saturated carbocycles. The number of aromatic hydroxyl groups is 2. The van der Waals surface area contributed by atoms with Gasteiger partial charge in [0.05, 0.1) is 8.30 Å². The topological polar surface area (TPSA) is 74.6 Å². The number of Topliss-reactive ketones (excluding diaryl/α,β-unsaturated/α-hetero) is 1. The van der Waals surface area contributed by atoms with Crippen LogP contribution in [0.25, 0.3) is 16.8 Å². The van der Waals surface area contributed by atoms with Crippen molar-refractivity contribution in [1.82, 2.24) is 0 Å². The van der Waals surface area contributed by atoms with Crippen molar-refractivity contribution in [3.63, 3.8) is 0 Å². The first-order valence-corrected chi connectivity index (χ1v) is 5.18. The van der Waals surface area contributed by atoms with Crippen molar-refractivity contribution in [3.8, 4) is 11.5 Å². The molecule has 2 N–H and O–H groups in total. The smallest absolute Gasteiger partial charge is 0.237 e. The Labute approximate surface area is 105 Å². The van der Waals surface area contributed by atoms with E-state index in [1.54, 1.807) is 12.1 Å². The molecule has 0 spiro atoms. The van der Waals surface area contributed by atoms with Crippen molar-refractivity contribution < 1.29 is 22.5 Å². The Hall–Kier alpha value is -2.62. The maximum atomic E-state index is 11.9. The fourth-order valence-electron chi connectivity index (χ4n) is 2.03. The van der Waals surface area contributed by atoms with Gasteiger partial charge in [0.1, 0.15) is 11.5 Å². The average molecular weight is 242 g/mol. The minimum absolute atomic E-state index is 0.214. The van der Waals surface area contributed by atoms with Crippen LogP contribution in [0.5, 0.6) is 11.5 Å². The van der Waals surface area contributed by atoms with Crippen LogP contribution in [0.2, 0.25) is 0 Å². The third-order valence-electron chi connectivity index (χ3n) is 2.90. The summed E-state index contributed by atoms with van der Waals surface area (Å²) in [6, 6.07) is 4.89. The van der Waals surface area contributed by atoms with E-state index in [-0.39, 0.29) is 22.1 Å². The molecular formula is C14H8O4. The quantitative estimate of drug-likeness (QED) is 0.547. The van der Waals surface area contributed by atoms with E-state index in [1.807, 2.05) is 0 Å². The van der Waals surface area contributed by atoms with Crippen LogP contribution in [-0.4, -0.2) is 21.8 Å². The lowest BCUT2D eigenvalue weighted by Gasteiger charge is -2.15. The molecule has 0 unspecified atom stereocenters. The third kappa shape index (κ3) is 1.20. The summed E-state index contributed by atoms with van der Waals surface area (Å²) in [5.41, 5.74) is -0.678. The average Bonchev–Trinajstić information content (AvgIpc) is 2.46. The molecule has 88 valence electrons. The van der Waals surface area contributed by atoms with Gasteiger partial charge in [0.25, 0.3) is 0 Å². The normalized spacial score (nSPS) is 16.7. The SMILES string of the molecule is [2H]C1=C([2H])c2c(c(O)c3ccccc3c2O)C(=O)C1=O. The van der Waals surface area contributed by atoms with E-state index in [9.17, 15) is 19.8 Å². The summed E-state index contributed by atoms with van der Waals surface area (Å²) < 4.78 is 15.2. The molecule has 0 amide bonds. The molecule has 2 aromatic carbocycles. The molecule has 0 heterocycles. The molecule has 0 atom stereocenters. The highest BCUT2D eigenvalue weighted by Gasteiger charge is 2.28. The van der Waals surface area contributed by atoms with Crippen LogP contribution in [0.4, 0.5) is 0 Å². The van der Waals surface area contributed by atoms with Crippen LogP contribution >= 0.6 is 0 Å². The van der Waals surface area contributed by atoms with Crippen LogP contribution in [0.3, 0.4) is 0 Å². The second kappa shape index (κ2) is 3.43. The van der Waals surface area contributed by atoms with Gasteiger partial charge in [-0.1, -0.05) is 24.3 Å². The van der Waals surface area contributed by atoms with Crippen LogP contribution in [-0.2, 0) is 4.79 Å². The van der Waals surface area contributed by atoms with Gasteiger partial charge in [-0.2, -0.15) is 0 Å². The Balaban J connectivity index is 2.59. The molecule has 4 nitrogen and oxygen atoms in total. The molecule has 18 heavy (non-hydrogen) atoms. The number of phenolic OH excluding ortho intramolecular Hbond substituents is 2. The molecular weight excluding hydrogens is 232 g/mol. The van der Waals surface area contributed by atoms with Gasteiger partial charge in [0.2, 0.25) is 11.6 Å². The fourth-order valence-corrected chi connectivity index (χ4v) is 2.03. The lowest BCUT2D eigenvalue weighted by atomic mass is 9.90. The number of hydrogen-bond acceptors (Lipinski definition) is 4. The van der Waals surface area contributed by atoms with Gasteiger partial charge in [-0.3, -0.25) is 9.59 Å². The van der Waals surface area contributed by atoms with Gasteiger partial charge in [0, 0.05) is 16.3 Å². The number of ketones is 2. The fraction of sp³-hybridized carbons (Fsp3) is 0. The standard InChI is InChI=1S/C14H8O4/c15-10-6-5-9-11(14(10)18)13(17)8-4-2-1-3-7(8)12(9)16/h1-6,16-17H/i5D,6D. The van der Waals surface area contributed by atoms with Crippen molar-refractivity contribution in [3.05, 3.63) is 41.4 Å².